The lowest BCUT2D eigenvalue weighted by Gasteiger charge is -2.33. The second-order valence-electron chi connectivity index (χ2n) is 5.54. The Labute approximate surface area is 109 Å². The van der Waals surface area contributed by atoms with Crippen LogP contribution in [0.15, 0.2) is 0 Å². The molecule has 0 aromatic heterocycles. The number of carbonyl (C=O) groups is 2. The minimum atomic E-state index is -0.507. The van der Waals surface area contributed by atoms with Crippen LogP contribution < -0.4 is 5.32 Å². The van der Waals surface area contributed by atoms with Gasteiger partial charge in [-0.05, 0) is 26.7 Å². The molecule has 0 spiro atoms. The molecule has 0 atom stereocenters. The van der Waals surface area contributed by atoms with Crippen LogP contribution in [-0.4, -0.2) is 49.6 Å². The van der Waals surface area contributed by atoms with Gasteiger partial charge in [-0.3, -0.25) is 9.59 Å². The van der Waals surface area contributed by atoms with Gasteiger partial charge in [0.05, 0.1) is 12.5 Å². The molecule has 0 bridgehead atoms. The summed E-state index contributed by atoms with van der Waals surface area (Å²) in [6.07, 6.45) is 1.88. The van der Waals surface area contributed by atoms with Crippen LogP contribution in [0.25, 0.3) is 0 Å². The van der Waals surface area contributed by atoms with Crippen LogP contribution in [0.5, 0.6) is 0 Å². The number of hydrogen-bond donors (Lipinski definition) is 1. The predicted octanol–water partition coefficient (Wildman–Crippen LogP) is 0.786. The third kappa shape index (κ3) is 3.98. The SMILES string of the molecule is COC(=O)C(C)(C)CNC1CCN(C(C)=O)CC1. The molecule has 1 N–H and O–H groups in total. The molecule has 1 aliphatic heterocycles. The number of amides is 1. The van der Waals surface area contributed by atoms with E-state index < -0.39 is 5.41 Å². The van der Waals surface area contributed by atoms with Gasteiger partial charge in [-0.15, -0.1) is 0 Å². The van der Waals surface area contributed by atoms with Crippen molar-refractivity contribution in [2.24, 2.45) is 5.41 Å². The number of nitrogens with one attached hydrogen (secondary N) is 1. The zero-order valence-corrected chi connectivity index (χ0v) is 11.8. The maximum atomic E-state index is 11.5. The van der Waals surface area contributed by atoms with Gasteiger partial charge in [0, 0.05) is 32.6 Å². The molecular weight excluding hydrogens is 232 g/mol. The summed E-state index contributed by atoms with van der Waals surface area (Å²) in [4.78, 5) is 24.6. The number of methoxy groups -OCH3 is 1. The Balaban J connectivity index is 2.34. The average Bonchev–Trinajstić information content (AvgIpc) is 2.35. The lowest BCUT2D eigenvalue weighted by Crippen LogP contribution is -2.47. The number of ether oxygens (including phenoxy) is 1. The zero-order chi connectivity index (χ0) is 13.8. The van der Waals surface area contributed by atoms with Gasteiger partial charge in [-0.25, -0.2) is 0 Å². The van der Waals surface area contributed by atoms with Gasteiger partial charge in [0.25, 0.3) is 0 Å². The molecular formula is C13H24N2O3. The molecule has 0 saturated carbocycles. The second-order valence-corrected chi connectivity index (χ2v) is 5.54. The van der Waals surface area contributed by atoms with Gasteiger partial charge in [-0.2, -0.15) is 0 Å². The zero-order valence-electron chi connectivity index (χ0n) is 11.8. The van der Waals surface area contributed by atoms with E-state index in [1.807, 2.05) is 18.7 Å². The molecule has 0 unspecified atom stereocenters. The van der Waals surface area contributed by atoms with Gasteiger partial charge in [0.2, 0.25) is 5.91 Å². The molecule has 1 heterocycles. The topological polar surface area (TPSA) is 58.6 Å². The number of esters is 1. The maximum Gasteiger partial charge on any atom is 0.312 e. The molecule has 1 saturated heterocycles. The first kappa shape index (κ1) is 15.0. The van der Waals surface area contributed by atoms with Crippen molar-refractivity contribution in [3.63, 3.8) is 0 Å². The molecule has 0 aromatic rings. The summed E-state index contributed by atoms with van der Waals surface area (Å²) in [6.45, 7) is 7.54. The molecule has 1 fully saturated rings. The third-order valence-electron chi connectivity index (χ3n) is 3.51. The van der Waals surface area contributed by atoms with E-state index in [4.69, 9.17) is 4.74 Å². The fourth-order valence-corrected chi connectivity index (χ4v) is 2.15. The first-order valence-corrected chi connectivity index (χ1v) is 6.44. The highest BCUT2D eigenvalue weighted by atomic mass is 16.5. The van der Waals surface area contributed by atoms with Gasteiger partial charge in [0.15, 0.2) is 0 Å². The van der Waals surface area contributed by atoms with E-state index in [2.05, 4.69) is 5.32 Å². The minimum Gasteiger partial charge on any atom is -0.469 e. The second kappa shape index (κ2) is 6.18. The Morgan fingerprint density at radius 2 is 1.89 bits per heavy atom. The van der Waals surface area contributed by atoms with E-state index in [0.29, 0.717) is 12.6 Å². The number of likely N-dealkylation sites (tertiary alicyclic amines) is 1. The summed E-state index contributed by atoms with van der Waals surface area (Å²) < 4.78 is 4.77. The molecule has 1 rings (SSSR count). The van der Waals surface area contributed by atoms with Crippen LogP contribution in [0.4, 0.5) is 0 Å². The van der Waals surface area contributed by atoms with Gasteiger partial charge in [-0.1, -0.05) is 0 Å². The summed E-state index contributed by atoms with van der Waals surface area (Å²) in [5.74, 6) is -0.0560. The monoisotopic (exact) mass is 256 g/mol. The van der Waals surface area contributed by atoms with Crippen molar-refractivity contribution in [2.75, 3.05) is 26.7 Å². The van der Waals surface area contributed by atoms with Crippen molar-refractivity contribution < 1.29 is 14.3 Å². The van der Waals surface area contributed by atoms with E-state index in [9.17, 15) is 9.59 Å². The molecule has 1 aliphatic rings. The van der Waals surface area contributed by atoms with Crippen LogP contribution in [0, 0.1) is 5.41 Å². The molecule has 5 nitrogen and oxygen atoms in total. The largest absolute Gasteiger partial charge is 0.469 e. The van der Waals surface area contributed by atoms with Crippen molar-refractivity contribution >= 4 is 11.9 Å². The predicted molar refractivity (Wildman–Crippen MR) is 69.1 cm³/mol. The standard InChI is InChI=1S/C13H24N2O3/c1-10(16)15-7-5-11(6-8-15)14-9-13(2,3)12(17)18-4/h11,14H,5-9H2,1-4H3. The summed E-state index contributed by atoms with van der Waals surface area (Å²) in [5, 5.41) is 3.40. The number of hydrogen-bond acceptors (Lipinski definition) is 4. The van der Waals surface area contributed by atoms with Crippen LogP contribution in [0.1, 0.15) is 33.6 Å². The lowest BCUT2D eigenvalue weighted by atomic mass is 9.92. The van der Waals surface area contributed by atoms with Gasteiger partial charge < -0.3 is 15.0 Å². The molecule has 1 amide bonds. The molecule has 0 radical (unpaired) electrons. The molecule has 104 valence electrons. The van der Waals surface area contributed by atoms with E-state index in [1.165, 1.54) is 7.11 Å². The Kier molecular flexibility index (Phi) is 5.14. The number of carbonyl (C=O) groups excluding carboxylic acids is 2. The molecule has 0 aromatic carbocycles. The number of rotatable bonds is 4. The highest BCUT2D eigenvalue weighted by molar-refractivity contribution is 5.76. The molecule has 5 heteroatoms. The summed E-state index contributed by atoms with van der Waals surface area (Å²) in [5.41, 5.74) is -0.507. The Morgan fingerprint density at radius 3 is 2.33 bits per heavy atom. The normalized spacial score (nSPS) is 17.7. The van der Waals surface area contributed by atoms with Crippen molar-refractivity contribution in [3.05, 3.63) is 0 Å². The first-order valence-electron chi connectivity index (χ1n) is 6.44. The van der Waals surface area contributed by atoms with Crippen molar-refractivity contribution in [1.82, 2.24) is 10.2 Å². The van der Waals surface area contributed by atoms with Crippen molar-refractivity contribution in [2.45, 2.75) is 39.7 Å². The average molecular weight is 256 g/mol. The van der Waals surface area contributed by atoms with Crippen LogP contribution in [0.2, 0.25) is 0 Å². The summed E-state index contributed by atoms with van der Waals surface area (Å²) in [6, 6.07) is 0.379. The smallest absolute Gasteiger partial charge is 0.312 e. The van der Waals surface area contributed by atoms with Crippen LogP contribution >= 0.6 is 0 Å². The van der Waals surface area contributed by atoms with E-state index >= 15 is 0 Å². The highest BCUT2D eigenvalue weighted by Crippen LogP contribution is 2.17. The Hall–Kier alpha value is -1.10. The molecule has 18 heavy (non-hydrogen) atoms. The van der Waals surface area contributed by atoms with E-state index in [0.717, 1.165) is 25.9 Å². The number of nitrogens with zero attached hydrogens (tertiary/aromatic N) is 1. The van der Waals surface area contributed by atoms with E-state index in [1.54, 1.807) is 6.92 Å². The number of piperidine rings is 1. The molecule has 0 aliphatic carbocycles. The quantitative estimate of drug-likeness (QED) is 0.755. The Morgan fingerprint density at radius 1 is 1.33 bits per heavy atom. The van der Waals surface area contributed by atoms with Gasteiger partial charge in [0.1, 0.15) is 0 Å². The van der Waals surface area contributed by atoms with Crippen molar-refractivity contribution in [1.29, 1.82) is 0 Å². The lowest BCUT2D eigenvalue weighted by molar-refractivity contribution is -0.150. The van der Waals surface area contributed by atoms with Crippen LogP contribution in [0.3, 0.4) is 0 Å². The Bertz CT molecular complexity index is 307. The summed E-state index contributed by atoms with van der Waals surface area (Å²) >= 11 is 0. The van der Waals surface area contributed by atoms with E-state index in [-0.39, 0.29) is 11.9 Å². The fraction of sp³-hybridized carbons (Fsp3) is 0.846. The van der Waals surface area contributed by atoms with Gasteiger partial charge >= 0.3 is 5.97 Å². The highest BCUT2D eigenvalue weighted by Gasteiger charge is 2.30. The van der Waals surface area contributed by atoms with Crippen molar-refractivity contribution in [3.8, 4) is 0 Å². The maximum absolute atomic E-state index is 11.5. The summed E-state index contributed by atoms with van der Waals surface area (Å²) in [7, 11) is 1.41. The third-order valence-corrected chi connectivity index (χ3v) is 3.51. The first-order chi connectivity index (χ1) is 8.36. The minimum absolute atomic E-state index is 0.142. The fourth-order valence-electron chi connectivity index (χ4n) is 2.15. The van der Waals surface area contributed by atoms with Crippen LogP contribution in [-0.2, 0) is 14.3 Å².